The number of rotatable bonds is 7. The molecule has 0 unspecified atom stereocenters. The van der Waals surface area contributed by atoms with Gasteiger partial charge in [-0.15, -0.1) is 0 Å². The second-order valence-corrected chi connectivity index (χ2v) is 13.7. The summed E-state index contributed by atoms with van der Waals surface area (Å²) in [6, 6.07) is 10.0. The largest absolute Gasteiger partial charge is 0.495 e. The van der Waals surface area contributed by atoms with Gasteiger partial charge < -0.3 is 29.4 Å². The predicted octanol–water partition coefficient (Wildman–Crippen LogP) is 4.75. The van der Waals surface area contributed by atoms with Gasteiger partial charge in [0.2, 0.25) is 0 Å². The maximum Gasteiger partial charge on any atom is 0.406 e. The van der Waals surface area contributed by atoms with Gasteiger partial charge >= 0.3 is 6.18 Å². The average molecular weight is 575 g/mol. The van der Waals surface area contributed by atoms with E-state index in [-0.39, 0.29) is 18.5 Å². The topological polar surface area (TPSA) is 75.6 Å². The second-order valence-electron chi connectivity index (χ2n) is 10.5. The molecule has 0 spiro atoms. The smallest absolute Gasteiger partial charge is 0.406 e. The quantitative estimate of drug-likeness (QED) is 0.315. The standard InChI is InChI=1S/C29H34F3N4O3P/c1-35-13-9-21(10-14-35)34-28(37)24-16-20(17-26-23(24)11-15-36(26)19-29(30,31)32)6-5-12-33-25-18-22(40(3,4)38)7-8-27(25)39-2/h7-8,11,15-18,21,33H,9-10,12-14,19H2,1-4H3,(H,34,37). The Morgan fingerprint density at radius 3 is 2.52 bits per heavy atom. The van der Waals surface area contributed by atoms with Crippen molar-refractivity contribution in [3.63, 3.8) is 0 Å². The normalized spacial score (nSPS) is 15.0. The van der Waals surface area contributed by atoms with Crippen molar-refractivity contribution in [1.82, 2.24) is 14.8 Å². The molecule has 11 heteroatoms. The van der Waals surface area contributed by atoms with Crippen LogP contribution >= 0.6 is 7.14 Å². The van der Waals surface area contributed by atoms with E-state index in [4.69, 9.17) is 4.74 Å². The Morgan fingerprint density at radius 2 is 1.88 bits per heavy atom. The lowest BCUT2D eigenvalue weighted by molar-refractivity contribution is -0.139. The van der Waals surface area contributed by atoms with Crippen LogP contribution in [-0.2, 0) is 11.1 Å². The molecular formula is C29H34F3N4O3P. The van der Waals surface area contributed by atoms with Crippen LogP contribution in [0.25, 0.3) is 10.9 Å². The second kappa shape index (κ2) is 12.0. The van der Waals surface area contributed by atoms with E-state index in [0.717, 1.165) is 30.5 Å². The molecule has 0 radical (unpaired) electrons. The van der Waals surface area contributed by atoms with E-state index in [2.05, 4.69) is 27.4 Å². The van der Waals surface area contributed by atoms with Crippen LogP contribution in [0.5, 0.6) is 5.75 Å². The van der Waals surface area contributed by atoms with Gasteiger partial charge in [-0.25, -0.2) is 0 Å². The van der Waals surface area contributed by atoms with Crippen LogP contribution in [0, 0.1) is 11.8 Å². The molecule has 0 aliphatic carbocycles. The number of aromatic nitrogens is 1. The predicted molar refractivity (Wildman–Crippen MR) is 153 cm³/mol. The minimum absolute atomic E-state index is 0.00208. The third-order valence-corrected chi connectivity index (χ3v) is 8.46. The SMILES string of the molecule is COc1ccc(P(C)(C)=O)cc1NCC#Cc1cc(C(=O)NC2CCN(C)CC2)c2ccn(CC(F)(F)F)c2c1. The van der Waals surface area contributed by atoms with E-state index in [9.17, 15) is 22.5 Å². The van der Waals surface area contributed by atoms with E-state index < -0.39 is 19.9 Å². The summed E-state index contributed by atoms with van der Waals surface area (Å²) in [4.78, 5) is 15.5. The van der Waals surface area contributed by atoms with Crippen LogP contribution < -0.4 is 20.7 Å². The summed E-state index contributed by atoms with van der Waals surface area (Å²) in [5.41, 5.74) is 1.65. The van der Waals surface area contributed by atoms with Crippen molar-refractivity contribution in [2.45, 2.75) is 31.6 Å². The number of nitrogens with one attached hydrogen (secondary N) is 2. The van der Waals surface area contributed by atoms with Crippen molar-refractivity contribution in [2.75, 3.05) is 52.4 Å². The Hall–Kier alpha value is -3.41. The number of ether oxygens (including phenoxy) is 1. The van der Waals surface area contributed by atoms with Gasteiger partial charge in [0.05, 0.1) is 24.9 Å². The summed E-state index contributed by atoms with van der Waals surface area (Å²) < 4.78 is 58.7. The Balaban J connectivity index is 1.61. The molecule has 3 aromatic rings. The van der Waals surface area contributed by atoms with Gasteiger partial charge in [-0.2, -0.15) is 13.2 Å². The van der Waals surface area contributed by atoms with Crippen LogP contribution in [0.15, 0.2) is 42.6 Å². The van der Waals surface area contributed by atoms with Gasteiger partial charge in [-0.3, -0.25) is 4.79 Å². The molecule has 1 aliphatic rings. The molecule has 2 aromatic carbocycles. The van der Waals surface area contributed by atoms with Crippen LogP contribution in [0.4, 0.5) is 18.9 Å². The summed E-state index contributed by atoms with van der Waals surface area (Å²) in [5, 5.41) is 7.36. The number of halogens is 3. The number of hydrogen-bond donors (Lipinski definition) is 2. The molecule has 1 saturated heterocycles. The zero-order valence-corrected chi connectivity index (χ0v) is 24.0. The fourth-order valence-electron chi connectivity index (χ4n) is 4.76. The third-order valence-electron chi connectivity index (χ3n) is 6.94. The number of carbonyl (C=O) groups excluding carboxylic acids is 1. The van der Waals surface area contributed by atoms with Crippen molar-refractivity contribution < 1.29 is 27.3 Å². The monoisotopic (exact) mass is 574 g/mol. The molecule has 40 heavy (non-hydrogen) atoms. The number of fused-ring (bicyclic) bond motifs is 1. The summed E-state index contributed by atoms with van der Waals surface area (Å²) in [7, 11) is 1.08. The first-order valence-electron chi connectivity index (χ1n) is 13.0. The fraction of sp³-hybridized carbons (Fsp3) is 0.414. The van der Waals surface area contributed by atoms with E-state index >= 15 is 0 Å². The van der Waals surface area contributed by atoms with Gasteiger partial charge in [0.25, 0.3) is 5.91 Å². The number of piperidine rings is 1. The number of methoxy groups -OCH3 is 1. The number of benzene rings is 2. The lowest BCUT2D eigenvalue weighted by Gasteiger charge is -2.29. The lowest BCUT2D eigenvalue weighted by atomic mass is 10.0. The molecule has 2 N–H and O–H groups in total. The van der Waals surface area contributed by atoms with E-state index in [1.165, 1.54) is 13.3 Å². The summed E-state index contributed by atoms with van der Waals surface area (Å²) >= 11 is 0. The van der Waals surface area contributed by atoms with Crippen LogP contribution in [0.3, 0.4) is 0 Å². The number of carbonyl (C=O) groups is 1. The minimum Gasteiger partial charge on any atom is -0.495 e. The maximum absolute atomic E-state index is 13.3. The summed E-state index contributed by atoms with van der Waals surface area (Å²) in [6.07, 6.45) is -1.45. The van der Waals surface area contributed by atoms with Gasteiger partial charge in [0.15, 0.2) is 0 Å². The van der Waals surface area contributed by atoms with E-state index in [1.807, 2.05) is 7.05 Å². The number of alkyl halides is 3. The van der Waals surface area contributed by atoms with E-state index in [1.54, 1.807) is 49.7 Å². The molecule has 0 bridgehead atoms. The highest BCUT2D eigenvalue weighted by molar-refractivity contribution is 7.70. The van der Waals surface area contributed by atoms with Crippen molar-refractivity contribution in [3.05, 3.63) is 53.7 Å². The number of nitrogens with zero attached hydrogens (tertiary/aromatic N) is 2. The molecule has 0 atom stereocenters. The molecule has 7 nitrogen and oxygen atoms in total. The van der Waals surface area contributed by atoms with Crippen molar-refractivity contribution >= 4 is 34.9 Å². The Bertz CT molecular complexity index is 1490. The number of anilines is 1. The fourth-order valence-corrected chi connectivity index (χ4v) is 5.63. The Kier molecular flexibility index (Phi) is 8.86. The van der Waals surface area contributed by atoms with Gasteiger partial charge in [-0.05, 0) is 82.7 Å². The highest BCUT2D eigenvalue weighted by atomic mass is 31.2. The molecule has 0 saturated carbocycles. The molecule has 1 aromatic heterocycles. The zero-order chi connectivity index (χ0) is 29.1. The Labute approximate surface area is 232 Å². The van der Waals surface area contributed by atoms with Crippen LogP contribution in [-0.4, -0.2) is 74.7 Å². The molecule has 1 aliphatic heterocycles. The number of hydrogen-bond acceptors (Lipinski definition) is 5. The van der Waals surface area contributed by atoms with Crippen LogP contribution in [0.1, 0.15) is 28.8 Å². The third kappa shape index (κ3) is 7.41. The highest BCUT2D eigenvalue weighted by Gasteiger charge is 2.29. The van der Waals surface area contributed by atoms with Crippen molar-refractivity contribution in [3.8, 4) is 17.6 Å². The zero-order valence-electron chi connectivity index (χ0n) is 23.1. The molecule has 1 fully saturated rings. The molecule has 1 amide bonds. The minimum atomic E-state index is -4.41. The Morgan fingerprint density at radius 1 is 1.15 bits per heavy atom. The van der Waals surface area contributed by atoms with Gasteiger partial charge in [-0.1, -0.05) is 11.8 Å². The van der Waals surface area contributed by atoms with Gasteiger partial charge in [0.1, 0.15) is 19.4 Å². The molecular weight excluding hydrogens is 540 g/mol. The number of likely N-dealkylation sites (tertiary alicyclic amines) is 1. The molecule has 214 valence electrons. The maximum atomic E-state index is 13.3. The van der Waals surface area contributed by atoms with E-state index in [0.29, 0.717) is 38.8 Å². The lowest BCUT2D eigenvalue weighted by Crippen LogP contribution is -2.43. The van der Waals surface area contributed by atoms with Crippen LogP contribution in [0.2, 0.25) is 0 Å². The average Bonchev–Trinajstić information content (AvgIpc) is 3.27. The summed E-state index contributed by atoms with van der Waals surface area (Å²) in [5.74, 6) is 6.21. The molecule has 2 heterocycles. The number of amides is 1. The van der Waals surface area contributed by atoms with Crippen molar-refractivity contribution in [2.24, 2.45) is 0 Å². The summed E-state index contributed by atoms with van der Waals surface area (Å²) in [6.45, 7) is 4.12. The first-order chi connectivity index (χ1) is 18.8. The first-order valence-corrected chi connectivity index (χ1v) is 15.6. The highest BCUT2D eigenvalue weighted by Crippen LogP contribution is 2.37. The molecule has 4 rings (SSSR count). The van der Waals surface area contributed by atoms with Crippen molar-refractivity contribution in [1.29, 1.82) is 0 Å². The van der Waals surface area contributed by atoms with Gasteiger partial charge in [0, 0.05) is 34.1 Å². The first kappa shape index (κ1) is 29.6.